The SMILES string of the molecule is NCC(=O)O.N[C@@H](CO)C(=O)O.N[C@@H](Cc1ccc(O)cc1)C(=O)O.O=C(O)[C@@H]1CCCN1. The number of hydrogen-bond acceptors (Lipinski definition) is 10. The van der Waals surface area contributed by atoms with Crippen LogP contribution in [-0.4, -0.2) is 92.3 Å². The van der Waals surface area contributed by atoms with Gasteiger partial charge in [-0.05, 0) is 43.5 Å². The maximum atomic E-state index is 10.4. The van der Waals surface area contributed by atoms with Gasteiger partial charge in [-0.15, -0.1) is 0 Å². The molecule has 188 valence electrons. The molecule has 1 aromatic carbocycles. The molecule has 1 heterocycles. The van der Waals surface area contributed by atoms with E-state index in [0.717, 1.165) is 24.9 Å². The number of aliphatic hydroxyl groups excluding tert-OH is 1. The largest absolute Gasteiger partial charge is 0.508 e. The third-order valence-corrected chi connectivity index (χ3v) is 3.76. The van der Waals surface area contributed by atoms with Crippen LogP contribution in [0.25, 0.3) is 0 Å². The van der Waals surface area contributed by atoms with Crippen LogP contribution in [0.2, 0.25) is 0 Å². The van der Waals surface area contributed by atoms with E-state index in [4.69, 9.17) is 42.1 Å². The monoisotopic (exact) mass is 476 g/mol. The van der Waals surface area contributed by atoms with Crippen molar-refractivity contribution in [3.8, 4) is 5.75 Å². The van der Waals surface area contributed by atoms with Gasteiger partial charge in [-0.3, -0.25) is 19.2 Å². The first-order valence-corrected chi connectivity index (χ1v) is 9.59. The van der Waals surface area contributed by atoms with Crippen molar-refractivity contribution < 1.29 is 49.8 Å². The van der Waals surface area contributed by atoms with Crippen LogP contribution in [0, 0.1) is 0 Å². The summed E-state index contributed by atoms with van der Waals surface area (Å²) in [5.74, 6) is -3.73. The number of phenols is 1. The summed E-state index contributed by atoms with van der Waals surface area (Å²) in [5, 5.41) is 52.2. The van der Waals surface area contributed by atoms with Crippen molar-refractivity contribution >= 4 is 23.9 Å². The van der Waals surface area contributed by atoms with E-state index < -0.39 is 42.6 Å². The average molecular weight is 476 g/mol. The average Bonchev–Trinajstić information content (AvgIpc) is 3.31. The molecule has 13 N–H and O–H groups in total. The lowest BCUT2D eigenvalue weighted by atomic mass is 10.1. The maximum absolute atomic E-state index is 10.4. The predicted molar refractivity (Wildman–Crippen MR) is 115 cm³/mol. The second-order valence-electron chi connectivity index (χ2n) is 6.53. The molecule has 3 atom stereocenters. The zero-order chi connectivity index (χ0) is 26.0. The van der Waals surface area contributed by atoms with Gasteiger partial charge >= 0.3 is 23.9 Å². The van der Waals surface area contributed by atoms with Crippen molar-refractivity contribution in [2.75, 3.05) is 19.7 Å². The Morgan fingerprint density at radius 2 is 1.45 bits per heavy atom. The van der Waals surface area contributed by atoms with E-state index in [9.17, 15) is 19.2 Å². The standard InChI is InChI=1S/C9H11NO3.C5H9NO2.C3H7NO3.C2H5NO2/c10-8(9(12)13)5-6-1-3-7(11)4-2-6;7-5(8)4-2-1-3-6-4;4-2(1-5)3(6)7;3-1-2(4)5/h1-4,8,11H,5,10H2,(H,12,13);4,6H,1-3H2,(H,7,8);2,5H,1,4H2,(H,6,7);1,3H2,(H,4,5)/t8-;4-;2-;/m000./s1. The van der Waals surface area contributed by atoms with Crippen molar-refractivity contribution in [3.63, 3.8) is 0 Å². The van der Waals surface area contributed by atoms with Gasteiger partial charge < -0.3 is 53.2 Å². The molecule has 0 aliphatic carbocycles. The van der Waals surface area contributed by atoms with Gasteiger partial charge in [0.05, 0.1) is 13.2 Å². The lowest BCUT2D eigenvalue weighted by Gasteiger charge is -2.05. The molecule has 33 heavy (non-hydrogen) atoms. The molecule has 0 unspecified atom stereocenters. The normalized spacial score (nSPS) is 15.7. The minimum Gasteiger partial charge on any atom is -0.508 e. The van der Waals surface area contributed by atoms with E-state index in [0.29, 0.717) is 0 Å². The van der Waals surface area contributed by atoms with E-state index in [1.54, 1.807) is 12.1 Å². The fourth-order valence-corrected chi connectivity index (χ4v) is 1.95. The lowest BCUT2D eigenvalue weighted by Crippen LogP contribution is -2.33. The number of aliphatic carboxylic acids is 4. The van der Waals surface area contributed by atoms with Gasteiger partial charge in [0.25, 0.3) is 0 Å². The number of carboxylic acid groups (broad SMARTS) is 4. The molecule has 1 aliphatic heterocycles. The summed E-state index contributed by atoms with van der Waals surface area (Å²) in [5.41, 5.74) is 15.5. The van der Waals surface area contributed by atoms with Crippen molar-refractivity contribution in [1.82, 2.24) is 5.32 Å². The van der Waals surface area contributed by atoms with Gasteiger partial charge in [0.15, 0.2) is 0 Å². The van der Waals surface area contributed by atoms with Crippen molar-refractivity contribution in [2.24, 2.45) is 17.2 Å². The van der Waals surface area contributed by atoms with E-state index in [1.807, 2.05) is 0 Å². The van der Waals surface area contributed by atoms with Crippen LogP contribution in [0.3, 0.4) is 0 Å². The molecule has 0 aromatic heterocycles. The van der Waals surface area contributed by atoms with Crippen molar-refractivity contribution in [1.29, 1.82) is 0 Å². The van der Waals surface area contributed by atoms with Gasteiger partial charge in [-0.2, -0.15) is 0 Å². The molecule has 2 rings (SSSR count). The number of carboxylic acids is 4. The van der Waals surface area contributed by atoms with E-state index in [2.05, 4.69) is 11.1 Å². The molecular formula is C19H32N4O10. The Labute approximate surface area is 189 Å². The Balaban J connectivity index is 0. The molecule has 0 bridgehead atoms. The number of benzene rings is 1. The highest BCUT2D eigenvalue weighted by Crippen LogP contribution is 2.10. The minimum atomic E-state index is -1.18. The number of aromatic hydroxyl groups is 1. The zero-order valence-corrected chi connectivity index (χ0v) is 17.8. The third-order valence-electron chi connectivity index (χ3n) is 3.76. The fourth-order valence-electron chi connectivity index (χ4n) is 1.95. The molecule has 1 fully saturated rings. The van der Waals surface area contributed by atoms with Crippen molar-refractivity contribution in [2.45, 2.75) is 37.4 Å². The number of hydrogen-bond donors (Lipinski definition) is 10. The van der Waals surface area contributed by atoms with Gasteiger partial charge in [0.1, 0.15) is 23.9 Å². The van der Waals surface area contributed by atoms with Crippen molar-refractivity contribution in [3.05, 3.63) is 29.8 Å². The van der Waals surface area contributed by atoms with Crippen LogP contribution in [0.4, 0.5) is 0 Å². The van der Waals surface area contributed by atoms with Crippen LogP contribution in [-0.2, 0) is 25.6 Å². The molecule has 14 nitrogen and oxygen atoms in total. The number of nitrogens with two attached hydrogens (primary N) is 3. The molecule has 1 saturated heterocycles. The lowest BCUT2D eigenvalue weighted by molar-refractivity contribution is -0.140. The molecule has 0 amide bonds. The predicted octanol–water partition coefficient (Wildman–Crippen LogP) is -2.41. The summed E-state index contributed by atoms with van der Waals surface area (Å²) in [6.07, 6.45) is 2.06. The summed E-state index contributed by atoms with van der Waals surface area (Å²) >= 11 is 0. The Morgan fingerprint density at radius 3 is 1.70 bits per heavy atom. The molecule has 1 aromatic rings. The molecule has 0 radical (unpaired) electrons. The van der Waals surface area contributed by atoms with Gasteiger partial charge in [0, 0.05) is 0 Å². The summed E-state index contributed by atoms with van der Waals surface area (Å²) in [7, 11) is 0. The Bertz CT molecular complexity index is 724. The first kappa shape index (κ1) is 31.9. The third kappa shape index (κ3) is 18.0. The Kier molecular flexibility index (Phi) is 17.7. The summed E-state index contributed by atoms with van der Waals surface area (Å²) in [4.78, 5) is 39.4. The first-order valence-electron chi connectivity index (χ1n) is 9.59. The van der Waals surface area contributed by atoms with Gasteiger partial charge in [-0.25, -0.2) is 0 Å². The van der Waals surface area contributed by atoms with E-state index in [1.165, 1.54) is 12.1 Å². The van der Waals surface area contributed by atoms with E-state index >= 15 is 0 Å². The van der Waals surface area contributed by atoms with Crippen LogP contribution in [0.5, 0.6) is 5.75 Å². The summed E-state index contributed by atoms with van der Waals surface area (Å²) in [6, 6.07) is 4.03. The van der Waals surface area contributed by atoms with Crippen LogP contribution in [0.1, 0.15) is 18.4 Å². The van der Waals surface area contributed by atoms with Crippen LogP contribution in [0.15, 0.2) is 24.3 Å². The van der Waals surface area contributed by atoms with Crippen LogP contribution < -0.4 is 22.5 Å². The highest BCUT2D eigenvalue weighted by atomic mass is 16.4. The first-order chi connectivity index (χ1) is 15.3. The Morgan fingerprint density at radius 1 is 0.970 bits per heavy atom. The number of rotatable bonds is 7. The second-order valence-corrected chi connectivity index (χ2v) is 6.53. The molecular weight excluding hydrogens is 444 g/mol. The number of nitrogens with one attached hydrogen (secondary N) is 1. The number of carbonyl (C=O) groups is 4. The van der Waals surface area contributed by atoms with E-state index in [-0.39, 0.29) is 24.8 Å². The highest BCUT2D eigenvalue weighted by Gasteiger charge is 2.20. The van der Waals surface area contributed by atoms with Gasteiger partial charge in [-0.1, -0.05) is 12.1 Å². The minimum absolute atomic E-state index is 0.160. The maximum Gasteiger partial charge on any atom is 0.322 e. The highest BCUT2D eigenvalue weighted by molar-refractivity contribution is 5.74. The number of phenolic OH excluding ortho intramolecular Hbond substituents is 1. The molecule has 0 spiro atoms. The second kappa shape index (κ2) is 18.3. The molecule has 0 saturated carbocycles. The fraction of sp³-hybridized carbons (Fsp3) is 0.474. The topological polar surface area (TPSA) is 280 Å². The summed E-state index contributed by atoms with van der Waals surface area (Å²) in [6.45, 7) is 0.0757. The van der Waals surface area contributed by atoms with Crippen LogP contribution >= 0.6 is 0 Å². The quantitative estimate of drug-likeness (QED) is 0.196. The summed E-state index contributed by atoms with van der Waals surface area (Å²) < 4.78 is 0. The Hall–Kier alpha value is -3.30. The molecule has 1 aliphatic rings. The smallest absolute Gasteiger partial charge is 0.322 e. The van der Waals surface area contributed by atoms with Gasteiger partial charge in [0.2, 0.25) is 0 Å². The number of aliphatic hydroxyl groups is 1. The zero-order valence-electron chi connectivity index (χ0n) is 17.8. The molecule has 14 heteroatoms.